The van der Waals surface area contributed by atoms with Crippen molar-refractivity contribution >= 4 is 17.7 Å². The smallest absolute Gasteiger partial charge is 0.330 e. The van der Waals surface area contributed by atoms with E-state index >= 15 is 0 Å². The van der Waals surface area contributed by atoms with Crippen LogP contribution in [0.4, 0.5) is 15.3 Å². The maximum Gasteiger partial charge on any atom is 0.330 e. The molecule has 1 unspecified atom stereocenters. The summed E-state index contributed by atoms with van der Waals surface area (Å²) in [4.78, 5) is 24.4. The number of hydrogen-bond acceptors (Lipinski definition) is 3. The zero-order valence-corrected chi connectivity index (χ0v) is 12.1. The van der Waals surface area contributed by atoms with Crippen molar-refractivity contribution in [2.24, 2.45) is 5.73 Å². The molecule has 0 saturated carbocycles. The molecular formula is C15H19N3O3. The lowest BCUT2D eigenvalue weighted by Gasteiger charge is -2.21. The fourth-order valence-electron chi connectivity index (χ4n) is 1.54. The van der Waals surface area contributed by atoms with Gasteiger partial charge < -0.3 is 15.8 Å². The van der Waals surface area contributed by atoms with Crippen LogP contribution in [-0.2, 0) is 0 Å². The number of anilines is 1. The largest absolute Gasteiger partial charge is 0.481 e. The first-order chi connectivity index (χ1) is 9.99. The van der Waals surface area contributed by atoms with E-state index in [1.807, 2.05) is 13.8 Å². The number of benzene rings is 1. The highest BCUT2D eigenvalue weighted by Gasteiger charge is 2.22. The second-order valence-electron chi connectivity index (χ2n) is 4.42. The van der Waals surface area contributed by atoms with Crippen LogP contribution in [0.25, 0.3) is 0 Å². The minimum atomic E-state index is -0.854. The van der Waals surface area contributed by atoms with E-state index in [2.05, 4.69) is 11.2 Å². The van der Waals surface area contributed by atoms with Gasteiger partial charge in [0.25, 0.3) is 0 Å². The molecule has 0 heterocycles. The van der Waals surface area contributed by atoms with Gasteiger partial charge in [-0.3, -0.25) is 0 Å². The number of nitrogens with two attached hydrogens (primary N) is 1. The number of imide groups is 1. The lowest BCUT2D eigenvalue weighted by atomic mass is 10.2. The zero-order chi connectivity index (χ0) is 15.8. The predicted octanol–water partition coefficient (Wildman–Crippen LogP) is 2.09. The number of nitrogens with zero attached hydrogens (tertiary/aromatic N) is 1. The highest BCUT2D eigenvalue weighted by Crippen LogP contribution is 2.19. The van der Waals surface area contributed by atoms with Crippen LogP contribution in [0.2, 0.25) is 0 Å². The summed E-state index contributed by atoms with van der Waals surface area (Å²) in [6.45, 7) is 3.92. The summed E-state index contributed by atoms with van der Waals surface area (Å²) in [6, 6.07) is 4.87. The van der Waals surface area contributed by atoms with E-state index in [-0.39, 0.29) is 12.6 Å². The molecule has 0 spiro atoms. The van der Waals surface area contributed by atoms with Crippen LogP contribution in [0.15, 0.2) is 24.3 Å². The minimum absolute atomic E-state index is 0.0578. The number of hydrogen-bond donors (Lipinski definition) is 2. The van der Waals surface area contributed by atoms with Crippen LogP contribution >= 0.6 is 0 Å². The Kier molecular flexibility index (Phi) is 6.08. The molecule has 6 nitrogen and oxygen atoms in total. The van der Waals surface area contributed by atoms with Crippen molar-refractivity contribution in [3.05, 3.63) is 24.3 Å². The van der Waals surface area contributed by atoms with Crippen molar-refractivity contribution in [3.8, 4) is 18.1 Å². The van der Waals surface area contributed by atoms with Gasteiger partial charge in [-0.15, -0.1) is 6.42 Å². The summed E-state index contributed by atoms with van der Waals surface area (Å²) in [5, 5.41) is 2.69. The third kappa shape index (κ3) is 4.73. The molecule has 1 aromatic carbocycles. The lowest BCUT2D eigenvalue weighted by molar-refractivity contribution is 0.236. The van der Waals surface area contributed by atoms with Crippen molar-refractivity contribution in [1.82, 2.24) is 5.32 Å². The van der Waals surface area contributed by atoms with Crippen molar-refractivity contribution in [2.45, 2.75) is 26.3 Å². The Balaban J connectivity index is 2.88. The van der Waals surface area contributed by atoms with Gasteiger partial charge in [0, 0.05) is 6.04 Å². The third-order valence-electron chi connectivity index (χ3n) is 2.82. The molecule has 0 radical (unpaired) electrons. The molecule has 1 atom stereocenters. The van der Waals surface area contributed by atoms with E-state index in [0.29, 0.717) is 11.4 Å². The quantitative estimate of drug-likeness (QED) is 0.814. The van der Waals surface area contributed by atoms with Crippen LogP contribution in [0, 0.1) is 12.3 Å². The Morgan fingerprint density at radius 3 is 2.52 bits per heavy atom. The molecule has 6 heteroatoms. The Hall–Kier alpha value is -2.68. The normalized spacial score (nSPS) is 11.1. The Bertz CT molecular complexity index is 534. The van der Waals surface area contributed by atoms with Crippen LogP contribution in [0.3, 0.4) is 0 Å². The summed E-state index contributed by atoms with van der Waals surface area (Å²) < 4.78 is 5.22. The lowest BCUT2D eigenvalue weighted by Crippen LogP contribution is -2.49. The van der Waals surface area contributed by atoms with Crippen molar-refractivity contribution in [1.29, 1.82) is 0 Å². The second kappa shape index (κ2) is 7.80. The molecule has 1 rings (SSSR count). The highest BCUT2D eigenvalue weighted by molar-refractivity contribution is 6.13. The number of carbonyl (C=O) groups is 2. The zero-order valence-electron chi connectivity index (χ0n) is 12.1. The number of carbonyl (C=O) groups excluding carboxylic acids is 2. The fourth-order valence-corrected chi connectivity index (χ4v) is 1.54. The second-order valence-corrected chi connectivity index (χ2v) is 4.42. The van der Waals surface area contributed by atoms with Gasteiger partial charge in [0.15, 0.2) is 0 Å². The van der Waals surface area contributed by atoms with Gasteiger partial charge in [-0.1, -0.05) is 12.8 Å². The minimum Gasteiger partial charge on any atom is -0.481 e. The standard InChI is InChI=1S/C15H19N3O3/c1-4-10-21-13-8-6-12(7-9-13)18(14(16)19)15(20)17-11(3)5-2/h1,6-9,11H,5,10H2,2-3H3,(H2,16,19)(H,17,20). The number of amides is 4. The maximum absolute atomic E-state index is 12.1. The van der Waals surface area contributed by atoms with E-state index in [0.717, 1.165) is 11.3 Å². The number of nitrogens with one attached hydrogen (secondary N) is 1. The Morgan fingerprint density at radius 2 is 2.05 bits per heavy atom. The number of terminal acetylenes is 1. The molecule has 112 valence electrons. The van der Waals surface area contributed by atoms with Crippen molar-refractivity contribution < 1.29 is 14.3 Å². The molecule has 0 fully saturated rings. The van der Waals surface area contributed by atoms with Gasteiger partial charge in [-0.05, 0) is 37.6 Å². The predicted molar refractivity (Wildman–Crippen MR) is 81.1 cm³/mol. The molecule has 21 heavy (non-hydrogen) atoms. The number of ether oxygens (including phenoxy) is 1. The first kappa shape index (κ1) is 16.4. The summed E-state index contributed by atoms with van der Waals surface area (Å²) in [6.07, 6.45) is 5.84. The van der Waals surface area contributed by atoms with Crippen LogP contribution in [0.1, 0.15) is 20.3 Å². The summed E-state index contributed by atoms with van der Waals surface area (Å²) in [5.41, 5.74) is 5.63. The highest BCUT2D eigenvalue weighted by atomic mass is 16.5. The summed E-state index contributed by atoms with van der Waals surface area (Å²) in [7, 11) is 0. The fraction of sp³-hybridized carbons (Fsp3) is 0.333. The molecule has 1 aromatic rings. The molecule has 4 amide bonds. The van der Waals surface area contributed by atoms with E-state index in [9.17, 15) is 9.59 Å². The van der Waals surface area contributed by atoms with E-state index in [1.165, 1.54) is 0 Å². The first-order valence-corrected chi connectivity index (χ1v) is 6.56. The van der Waals surface area contributed by atoms with Gasteiger partial charge >= 0.3 is 12.1 Å². The van der Waals surface area contributed by atoms with Crippen LogP contribution in [-0.4, -0.2) is 24.7 Å². The maximum atomic E-state index is 12.1. The first-order valence-electron chi connectivity index (χ1n) is 6.56. The molecule has 0 aliphatic heterocycles. The molecule has 0 aliphatic carbocycles. The Labute approximate surface area is 124 Å². The summed E-state index contributed by atoms with van der Waals surface area (Å²) >= 11 is 0. The van der Waals surface area contributed by atoms with Crippen LogP contribution < -0.4 is 20.7 Å². The molecule has 0 aliphatic rings. The number of primary amides is 1. The third-order valence-corrected chi connectivity index (χ3v) is 2.82. The van der Waals surface area contributed by atoms with Crippen molar-refractivity contribution in [2.75, 3.05) is 11.5 Å². The SMILES string of the molecule is C#CCOc1ccc(N(C(N)=O)C(=O)NC(C)CC)cc1. The number of urea groups is 2. The summed E-state index contributed by atoms with van der Waals surface area (Å²) in [5.74, 6) is 2.89. The monoisotopic (exact) mass is 289 g/mol. The van der Waals surface area contributed by atoms with Gasteiger partial charge in [-0.2, -0.15) is 0 Å². The molecule has 3 N–H and O–H groups in total. The van der Waals surface area contributed by atoms with Gasteiger partial charge in [0.05, 0.1) is 5.69 Å². The van der Waals surface area contributed by atoms with E-state index in [1.54, 1.807) is 24.3 Å². The average Bonchev–Trinajstić information content (AvgIpc) is 2.46. The van der Waals surface area contributed by atoms with Crippen molar-refractivity contribution in [3.63, 3.8) is 0 Å². The van der Waals surface area contributed by atoms with E-state index in [4.69, 9.17) is 16.9 Å². The topological polar surface area (TPSA) is 84.7 Å². The average molecular weight is 289 g/mol. The molecule has 0 bridgehead atoms. The molecular weight excluding hydrogens is 270 g/mol. The molecule has 0 saturated heterocycles. The number of rotatable bonds is 5. The van der Waals surface area contributed by atoms with Gasteiger partial charge in [0.1, 0.15) is 12.4 Å². The van der Waals surface area contributed by atoms with E-state index < -0.39 is 12.1 Å². The Morgan fingerprint density at radius 1 is 1.43 bits per heavy atom. The molecule has 0 aromatic heterocycles. The van der Waals surface area contributed by atoms with Crippen LogP contribution in [0.5, 0.6) is 5.75 Å². The van der Waals surface area contributed by atoms with Gasteiger partial charge in [-0.25, -0.2) is 14.5 Å². The van der Waals surface area contributed by atoms with Gasteiger partial charge in [0.2, 0.25) is 0 Å².